The van der Waals surface area contributed by atoms with Crippen LogP contribution in [0.4, 0.5) is 13.2 Å². The number of nitrogens with one attached hydrogen (secondary N) is 1. The molecule has 1 aliphatic heterocycles. The molecule has 0 spiro atoms. The van der Waals surface area contributed by atoms with E-state index in [1.165, 1.54) is 0 Å². The average Bonchev–Trinajstić information content (AvgIpc) is 2.25. The second-order valence-electron chi connectivity index (χ2n) is 4.95. The molecule has 1 nitrogen and oxygen atoms in total. The Hall–Kier alpha value is -1.03. The fraction of sp³-hybridized carbons (Fsp3) is 0.538. The first kappa shape index (κ1) is 12.4. The van der Waals surface area contributed by atoms with E-state index in [1.54, 1.807) is 0 Å². The third kappa shape index (κ3) is 2.32. The summed E-state index contributed by atoms with van der Waals surface area (Å²) in [5.74, 6) is -3.11. The van der Waals surface area contributed by atoms with Crippen LogP contribution in [0.1, 0.15) is 37.4 Å². The first-order valence-corrected chi connectivity index (χ1v) is 5.90. The minimum Gasteiger partial charge on any atom is -0.309 e. The molecule has 1 atom stereocenters. The number of hydrogen-bond donors (Lipinski definition) is 1. The maximum Gasteiger partial charge on any atom is 0.194 e. The molecule has 2 rings (SSSR count). The summed E-state index contributed by atoms with van der Waals surface area (Å²) in [7, 11) is 0. The van der Waals surface area contributed by atoms with Crippen molar-refractivity contribution in [1.82, 2.24) is 5.32 Å². The number of rotatable bonds is 2. The fourth-order valence-corrected chi connectivity index (χ4v) is 2.40. The molecule has 0 aliphatic carbocycles. The Balaban J connectivity index is 2.46. The van der Waals surface area contributed by atoms with E-state index in [1.807, 2.05) is 13.8 Å². The lowest BCUT2D eigenvalue weighted by atomic mass is 9.88. The van der Waals surface area contributed by atoms with Gasteiger partial charge in [-0.1, -0.05) is 13.8 Å². The topological polar surface area (TPSA) is 12.0 Å². The van der Waals surface area contributed by atoms with Crippen molar-refractivity contribution in [1.29, 1.82) is 0 Å². The van der Waals surface area contributed by atoms with Crippen molar-refractivity contribution in [2.75, 3.05) is 6.54 Å². The highest BCUT2D eigenvalue weighted by molar-refractivity contribution is 5.35. The van der Waals surface area contributed by atoms with Crippen LogP contribution in [0.3, 0.4) is 0 Å². The molecule has 0 fully saturated rings. The molecule has 1 N–H and O–H groups in total. The molecule has 1 unspecified atom stereocenters. The van der Waals surface area contributed by atoms with Gasteiger partial charge < -0.3 is 5.32 Å². The van der Waals surface area contributed by atoms with Gasteiger partial charge in [0, 0.05) is 11.6 Å². The van der Waals surface area contributed by atoms with E-state index < -0.39 is 17.5 Å². The quantitative estimate of drug-likeness (QED) is 0.785. The molecule has 17 heavy (non-hydrogen) atoms. The van der Waals surface area contributed by atoms with Gasteiger partial charge in [-0.25, -0.2) is 13.2 Å². The van der Waals surface area contributed by atoms with E-state index in [2.05, 4.69) is 5.32 Å². The highest BCUT2D eigenvalue weighted by Gasteiger charge is 2.27. The maximum absolute atomic E-state index is 13.8. The summed E-state index contributed by atoms with van der Waals surface area (Å²) in [5.41, 5.74) is 0.898. The lowest BCUT2D eigenvalue weighted by molar-refractivity contribution is 0.376. The summed E-state index contributed by atoms with van der Waals surface area (Å²) in [6.45, 7) is 4.72. The van der Waals surface area contributed by atoms with Gasteiger partial charge in [-0.2, -0.15) is 0 Å². The minimum atomic E-state index is -1.36. The molecule has 1 heterocycles. The predicted octanol–water partition coefficient (Wildman–Crippen LogP) is 3.34. The van der Waals surface area contributed by atoms with Crippen LogP contribution in [-0.2, 0) is 6.42 Å². The Labute approximate surface area is 99.0 Å². The smallest absolute Gasteiger partial charge is 0.194 e. The van der Waals surface area contributed by atoms with Gasteiger partial charge in [0.1, 0.15) is 0 Å². The Morgan fingerprint density at radius 1 is 1.29 bits per heavy atom. The van der Waals surface area contributed by atoms with Crippen LogP contribution in [0.25, 0.3) is 0 Å². The second-order valence-corrected chi connectivity index (χ2v) is 4.95. The molecule has 0 saturated carbocycles. The van der Waals surface area contributed by atoms with E-state index in [0.717, 1.165) is 12.5 Å². The standard InChI is InChI=1S/C13H16F3N/c1-7(2)5-10-11-8(3-4-17-10)6-9(14)12(15)13(11)16/h6-7,10,17H,3-5H2,1-2H3. The monoisotopic (exact) mass is 243 g/mol. The van der Waals surface area contributed by atoms with Gasteiger partial charge >= 0.3 is 0 Å². The lowest BCUT2D eigenvalue weighted by Gasteiger charge is -2.28. The summed E-state index contributed by atoms with van der Waals surface area (Å²) in [6, 6.07) is 0.913. The SMILES string of the molecule is CC(C)CC1NCCc2cc(F)c(F)c(F)c21. The van der Waals surface area contributed by atoms with Crippen molar-refractivity contribution in [3.05, 3.63) is 34.6 Å². The molecule has 0 amide bonds. The van der Waals surface area contributed by atoms with Crippen LogP contribution in [0.5, 0.6) is 0 Å². The third-order valence-corrected chi connectivity index (χ3v) is 3.13. The Morgan fingerprint density at radius 3 is 2.65 bits per heavy atom. The van der Waals surface area contributed by atoms with Gasteiger partial charge in [-0.05, 0) is 36.9 Å². The van der Waals surface area contributed by atoms with Crippen LogP contribution in [0.15, 0.2) is 6.07 Å². The van der Waals surface area contributed by atoms with E-state index in [-0.39, 0.29) is 6.04 Å². The predicted molar refractivity (Wildman–Crippen MR) is 60.2 cm³/mol. The van der Waals surface area contributed by atoms with Gasteiger partial charge in [-0.3, -0.25) is 0 Å². The molecule has 94 valence electrons. The first-order valence-electron chi connectivity index (χ1n) is 5.90. The van der Waals surface area contributed by atoms with Crippen LogP contribution in [-0.4, -0.2) is 6.54 Å². The van der Waals surface area contributed by atoms with E-state index in [0.29, 0.717) is 30.0 Å². The number of hydrogen-bond acceptors (Lipinski definition) is 1. The summed E-state index contributed by atoms with van der Waals surface area (Å²) >= 11 is 0. The molecular formula is C13H16F3N. The van der Waals surface area contributed by atoms with E-state index in [4.69, 9.17) is 0 Å². The molecule has 1 aromatic rings. The fourth-order valence-electron chi connectivity index (χ4n) is 2.40. The van der Waals surface area contributed by atoms with Crippen LogP contribution in [0, 0.1) is 23.4 Å². The summed E-state index contributed by atoms with van der Waals surface area (Å²) in [4.78, 5) is 0. The molecule has 0 bridgehead atoms. The Morgan fingerprint density at radius 2 is 2.00 bits per heavy atom. The van der Waals surface area contributed by atoms with Gasteiger partial charge in [-0.15, -0.1) is 0 Å². The molecule has 1 aliphatic rings. The zero-order chi connectivity index (χ0) is 12.6. The van der Waals surface area contributed by atoms with Gasteiger partial charge in [0.2, 0.25) is 0 Å². The number of fused-ring (bicyclic) bond motifs is 1. The highest BCUT2D eigenvalue weighted by atomic mass is 19.2. The van der Waals surface area contributed by atoms with Crippen molar-refractivity contribution in [2.45, 2.75) is 32.7 Å². The van der Waals surface area contributed by atoms with Crippen LogP contribution < -0.4 is 5.32 Å². The van der Waals surface area contributed by atoms with E-state index >= 15 is 0 Å². The van der Waals surface area contributed by atoms with Crippen molar-refractivity contribution >= 4 is 0 Å². The molecule has 0 saturated heterocycles. The Bertz CT molecular complexity index is 429. The maximum atomic E-state index is 13.8. The molecule has 0 aromatic heterocycles. The summed E-state index contributed by atoms with van der Waals surface area (Å²) in [6.07, 6.45) is 1.26. The van der Waals surface area contributed by atoms with Crippen molar-refractivity contribution in [3.63, 3.8) is 0 Å². The summed E-state index contributed by atoms with van der Waals surface area (Å²) < 4.78 is 40.2. The number of benzene rings is 1. The van der Waals surface area contributed by atoms with Gasteiger partial charge in [0.25, 0.3) is 0 Å². The molecule has 1 aromatic carbocycles. The summed E-state index contributed by atoms with van der Waals surface area (Å²) in [5, 5.41) is 3.17. The van der Waals surface area contributed by atoms with Gasteiger partial charge in [0.05, 0.1) is 0 Å². The zero-order valence-corrected chi connectivity index (χ0v) is 9.99. The molecule has 0 radical (unpaired) electrons. The molecular weight excluding hydrogens is 227 g/mol. The molecule has 4 heteroatoms. The van der Waals surface area contributed by atoms with Crippen LogP contribution >= 0.6 is 0 Å². The lowest BCUT2D eigenvalue weighted by Crippen LogP contribution is -2.32. The highest BCUT2D eigenvalue weighted by Crippen LogP contribution is 2.32. The third-order valence-electron chi connectivity index (χ3n) is 3.13. The number of halogens is 3. The van der Waals surface area contributed by atoms with Gasteiger partial charge in [0.15, 0.2) is 17.5 Å². The zero-order valence-electron chi connectivity index (χ0n) is 9.99. The van der Waals surface area contributed by atoms with E-state index in [9.17, 15) is 13.2 Å². The normalized spacial score (nSPS) is 19.5. The minimum absolute atomic E-state index is 0.214. The average molecular weight is 243 g/mol. The van der Waals surface area contributed by atoms with Crippen molar-refractivity contribution in [2.24, 2.45) is 5.92 Å². The van der Waals surface area contributed by atoms with Crippen molar-refractivity contribution < 1.29 is 13.2 Å². The van der Waals surface area contributed by atoms with Crippen molar-refractivity contribution in [3.8, 4) is 0 Å². The van der Waals surface area contributed by atoms with Crippen LogP contribution in [0.2, 0.25) is 0 Å². The first-order chi connectivity index (χ1) is 8.00. The largest absolute Gasteiger partial charge is 0.309 e. The second kappa shape index (κ2) is 4.69. The Kier molecular flexibility index (Phi) is 3.43.